The first-order chi connectivity index (χ1) is 12.3. The van der Waals surface area contributed by atoms with Gasteiger partial charge in [0.25, 0.3) is 0 Å². The SMILES string of the molecule is Fc1cccc(-c2cnnc(N3CCC(N4CCSCC4)CC3)n2)c1. The number of rotatable bonds is 3. The van der Waals surface area contributed by atoms with Crippen LogP contribution in [0.3, 0.4) is 0 Å². The van der Waals surface area contributed by atoms with Crippen LogP contribution < -0.4 is 4.90 Å². The van der Waals surface area contributed by atoms with Crippen molar-refractivity contribution in [3.63, 3.8) is 0 Å². The average molecular weight is 359 g/mol. The number of thioether (sulfide) groups is 1. The summed E-state index contributed by atoms with van der Waals surface area (Å²) in [6.07, 6.45) is 3.87. The maximum atomic E-state index is 13.4. The molecule has 0 unspecified atom stereocenters. The zero-order valence-electron chi connectivity index (χ0n) is 14.1. The Balaban J connectivity index is 1.44. The highest BCUT2D eigenvalue weighted by Crippen LogP contribution is 2.24. The molecule has 5 nitrogen and oxygen atoms in total. The molecule has 1 aromatic carbocycles. The Morgan fingerprint density at radius 1 is 1.08 bits per heavy atom. The van der Waals surface area contributed by atoms with Gasteiger partial charge in [0.15, 0.2) is 0 Å². The predicted molar refractivity (Wildman–Crippen MR) is 99.4 cm³/mol. The number of benzene rings is 1. The largest absolute Gasteiger partial charge is 0.339 e. The van der Waals surface area contributed by atoms with Crippen molar-refractivity contribution in [1.82, 2.24) is 20.1 Å². The van der Waals surface area contributed by atoms with Crippen molar-refractivity contribution in [2.75, 3.05) is 42.6 Å². The Hall–Kier alpha value is -1.73. The number of piperidine rings is 1. The molecule has 2 aliphatic rings. The third-order valence-electron chi connectivity index (χ3n) is 4.98. The van der Waals surface area contributed by atoms with Crippen LogP contribution >= 0.6 is 11.8 Å². The maximum absolute atomic E-state index is 13.4. The van der Waals surface area contributed by atoms with Crippen LogP contribution in [-0.2, 0) is 0 Å². The van der Waals surface area contributed by atoms with E-state index in [0.29, 0.717) is 17.7 Å². The van der Waals surface area contributed by atoms with Gasteiger partial charge in [0.05, 0.1) is 11.9 Å². The Morgan fingerprint density at radius 3 is 2.64 bits per heavy atom. The van der Waals surface area contributed by atoms with Gasteiger partial charge in [-0.1, -0.05) is 12.1 Å². The third-order valence-corrected chi connectivity index (χ3v) is 5.92. The van der Waals surface area contributed by atoms with Gasteiger partial charge < -0.3 is 4.90 Å². The van der Waals surface area contributed by atoms with Crippen LogP contribution in [-0.4, -0.2) is 63.8 Å². The average Bonchev–Trinajstić information content (AvgIpc) is 2.69. The highest BCUT2D eigenvalue weighted by Gasteiger charge is 2.27. The number of halogens is 1. The van der Waals surface area contributed by atoms with Crippen molar-refractivity contribution < 1.29 is 4.39 Å². The Labute approximate surface area is 151 Å². The van der Waals surface area contributed by atoms with E-state index in [9.17, 15) is 4.39 Å². The van der Waals surface area contributed by atoms with E-state index in [2.05, 4.69) is 36.7 Å². The van der Waals surface area contributed by atoms with Gasteiger partial charge in [-0.3, -0.25) is 4.90 Å². The summed E-state index contributed by atoms with van der Waals surface area (Å²) in [5.74, 6) is 2.89. The van der Waals surface area contributed by atoms with Gasteiger partial charge >= 0.3 is 0 Å². The number of hydrogen-bond donors (Lipinski definition) is 0. The molecule has 132 valence electrons. The third kappa shape index (κ3) is 3.93. The highest BCUT2D eigenvalue weighted by molar-refractivity contribution is 7.99. The van der Waals surface area contributed by atoms with E-state index in [-0.39, 0.29) is 5.82 Å². The molecule has 2 saturated heterocycles. The van der Waals surface area contributed by atoms with E-state index in [0.717, 1.165) is 31.5 Å². The lowest BCUT2D eigenvalue weighted by atomic mass is 10.0. The fourth-order valence-corrected chi connectivity index (χ4v) is 4.52. The minimum atomic E-state index is -0.266. The maximum Gasteiger partial charge on any atom is 0.245 e. The van der Waals surface area contributed by atoms with Crippen molar-refractivity contribution in [1.29, 1.82) is 0 Å². The van der Waals surface area contributed by atoms with Crippen LogP contribution in [0.25, 0.3) is 11.3 Å². The molecule has 2 fully saturated rings. The lowest BCUT2D eigenvalue weighted by Gasteiger charge is -2.39. The number of nitrogens with zero attached hydrogens (tertiary/aromatic N) is 5. The van der Waals surface area contributed by atoms with Crippen molar-refractivity contribution in [2.45, 2.75) is 18.9 Å². The fraction of sp³-hybridized carbons (Fsp3) is 0.500. The number of anilines is 1. The topological polar surface area (TPSA) is 45.2 Å². The first-order valence-corrected chi connectivity index (χ1v) is 9.97. The fourth-order valence-electron chi connectivity index (χ4n) is 3.59. The van der Waals surface area contributed by atoms with E-state index in [4.69, 9.17) is 0 Å². The van der Waals surface area contributed by atoms with E-state index >= 15 is 0 Å². The summed E-state index contributed by atoms with van der Waals surface area (Å²) < 4.78 is 13.4. The first kappa shape index (κ1) is 16.7. The zero-order valence-corrected chi connectivity index (χ0v) is 15.0. The second kappa shape index (κ2) is 7.66. The number of hydrogen-bond acceptors (Lipinski definition) is 6. The van der Waals surface area contributed by atoms with Gasteiger partial charge in [-0.05, 0) is 25.0 Å². The summed E-state index contributed by atoms with van der Waals surface area (Å²) in [6.45, 7) is 4.32. The minimum Gasteiger partial charge on any atom is -0.339 e. The monoisotopic (exact) mass is 359 g/mol. The van der Waals surface area contributed by atoms with E-state index < -0.39 is 0 Å². The molecular weight excluding hydrogens is 337 g/mol. The van der Waals surface area contributed by atoms with Crippen LogP contribution in [0.4, 0.5) is 10.3 Å². The lowest BCUT2D eigenvalue weighted by molar-refractivity contribution is 0.185. The predicted octanol–water partition coefficient (Wildman–Crippen LogP) is 2.70. The Bertz CT molecular complexity index is 714. The van der Waals surface area contributed by atoms with Crippen LogP contribution in [0.5, 0.6) is 0 Å². The lowest BCUT2D eigenvalue weighted by Crippen LogP contribution is -2.48. The zero-order chi connectivity index (χ0) is 17.1. The molecule has 3 heterocycles. The molecule has 2 aliphatic heterocycles. The Morgan fingerprint density at radius 2 is 1.88 bits per heavy atom. The van der Waals surface area contributed by atoms with Crippen molar-refractivity contribution in [3.05, 3.63) is 36.3 Å². The van der Waals surface area contributed by atoms with Gasteiger partial charge in [0.2, 0.25) is 5.95 Å². The van der Waals surface area contributed by atoms with Crippen LogP contribution in [0.1, 0.15) is 12.8 Å². The molecule has 1 aromatic heterocycles. The molecule has 4 rings (SSSR count). The van der Waals surface area contributed by atoms with Gasteiger partial charge in [0, 0.05) is 49.3 Å². The van der Waals surface area contributed by atoms with Crippen LogP contribution in [0.15, 0.2) is 30.5 Å². The molecule has 2 aromatic rings. The molecule has 0 N–H and O–H groups in total. The summed E-state index contributed by atoms with van der Waals surface area (Å²) in [5, 5.41) is 8.29. The van der Waals surface area contributed by atoms with Crippen LogP contribution in [0.2, 0.25) is 0 Å². The summed E-state index contributed by atoms with van der Waals surface area (Å²) in [7, 11) is 0. The van der Waals surface area contributed by atoms with E-state index in [1.807, 2.05) is 6.07 Å². The minimum absolute atomic E-state index is 0.266. The van der Waals surface area contributed by atoms with Gasteiger partial charge in [-0.25, -0.2) is 9.37 Å². The van der Waals surface area contributed by atoms with Gasteiger partial charge in [-0.15, -0.1) is 5.10 Å². The normalized spacial score (nSPS) is 20.0. The molecule has 0 spiro atoms. The van der Waals surface area contributed by atoms with Crippen LogP contribution in [0, 0.1) is 5.82 Å². The summed E-state index contributed by atoms with van der Waals surface area (Å²) in [5.41, 5.74) is 1.40. The van der Waals surface area contributed by atoms with Gasteiger partial charge in [0.1, 0.15) is 5.82 Å². The molecule has 25 heavy (non-hydrogen) atoms. The molecule has 0 radical (unpaired) electrons. The van der Waals surface area contributed by atoms with Crippen molar-refractivity contribution in [2.24, 2.45) is 0 Å². The quantitative estimate of drug-likeness (QED) is 0.840. The molecule has 7 heteroatoms. The standard InChI is InChI=1S/C18H22FN5S/c19-15-3-1-2-14(12-15)17-13-20-22-18(21-17)24-6-4-16(5-7-24)23-8-10-25-11-9-23/h1-3,12-13,16H,4-11H2. The van der Waals surface area contributed by atoms with E-state index in [1.54, 1.807) is 12.3 Å². The molecule has 0 atom stereocenters. The number of aromatic nitrogens is 3. The van der Waals surface area contributed by atoms with Crippen molar-refractivity contribution >= 4 is 17.7 Å². The Kier molecular flexibility index (Phi) is 5.12. The van der Waals surface area contributed by atoms with Gasteiger partial charge in [-0.2, -0.15) is 16.9 Å². The summed E-state index contributed by atoms with van der Waals surface area (Å²) in [6, 6.07) is 7.13. The molecule has 0 saturated carbocycles. The first-order valence-electron chi connectivity index (χ1n) is 8.82. The second-order valence-electron chi connectivity index (χ2n) is 6.52. The molecular formula is C18H22FN5S. The highest BCUT2D eigenvalue weighted by atomic mass is 32.2. The molecule has 0 bridgehead atoms. The smallest absolute Gasteiger partial charge is 0.245 e. The molecule has 0 aliphatic carbocycles. The summed E-state index contributed by atoms with van der Waals surface area (Å²) in [4.78, 5) is 9.45. The van der Waals surface area contributed by atoms with E-state index in [1.165, 1.54) is 36.7 Å². The second-order valence-corrected chi connectivity index (χ2v) is 7.74. The van der Waals surface area contributed by atoms with Crippen molar-refractivity contribution in [3.8, 4) is 11.3 Å². The molecule has 0 amide bonds. The summed E-state index contributed by atoms with van der Waals surface area (Å²) >= 11 is 2.05.